The van der Waals surface area contributed by atoms with Crippen LogP contribution in [0.1, 0.15) is 23.8 Å². The van der Waals surface area contributed by atoms with Crippen molar-refractivity contribution in [2.24, 2.45) is 0 Å². The number of carbonyl (C=O) groups is 1. The minimum atomic E-state index is -3.06. The Bertz CT molecular complexity index is 902. The Kier molecular flexibility index (Phi) is 5.43. The second-order valence-corrected chi connectivity index (χ2v) is 8.68. The average Bonchev–Trinajstić information content (AvgIpc) is 2.98. The molecule has 1 N–H and O–H groups in total. The fourth-order valence-corrected chi connectivity index (χ4v) is 4.85. The first-order valence-corrected chi connectivity index (χ1v) is 10.4. The maximum atomic E-state index is 12.7. The van der Waals surface area contributed by atoms with Crippen LogP contribution in [-0.2, 0) is 9.84 Å². The molecule has 0 spiro atoms. The highest BCUT2D eigenvalue weighted by atomic mass is 35.5. The third-order valence-corrected chi connectivity index (χ3v) is 6.34. The topological polar surface area (TPSA) is 92.3 Å². The number of amides is 1. The number of nitrogens with zero attached hydrogens (tertiary/aromatic N) is 3. The third-order valence-electron chi connectivity index (χ3n) is 4.26. The van der Waals surface area contributed by atoms with Gasteiger partial charge in [-0.05, 0) is 25.5 Å². The number of halogens is 1. The zero-order valence-corrected chi connectivity index (χ0v) is 15.8. The van der Waals surface area contributed by atoms with Crippen molar-refractivity contribution in [1.82, 2.24) is 14.9 Å². The van der Waals surface area contributed by atoms with Crippen LogP contribution in [0, 0.1) is 0 Å². The molecule has 7 nitrogen and oxygen atoms in total. The number of hydrogen-bond acceptors (Lipinski definition) is 6. The summed E-state index contributed by atoms with van der Waals surface area (Å²) in [6, 6.07) is 6.92. The number of aromatic nitrogens is 2. The van der Waals surface area contributed by atoms with E-state index in [-0.39, 0.29) is 29.1 Å². The van der Waals surface area contributed by atoms with Crippen LogP contribution in [0.2, 0.25) is 5.02 Å². The molecule has 1 aromatic heterocycles. The smallest absolute Gasteiger partial charge is 0.274 e. The number of nitrogens with one attached hydrogen (secondary N) is 1. The molecule has 2 aromatic rings. The molecule has 1 aliphatic heterocycles. The number of anilines is 2. The van der Waals surface area contributed by atoms with Gasteiger partial charge in [0.2, 0.25) is 0 Å². The Morgan fingerprint density at radius 1 is 1.31 bits per heavy atom. The van der Waals surface area contributed by atoms with Crippen molar-refractivity contribution in [3.63, 3.8) is 0 Å². The standard InChI is InChI=1S/C17H19ClN4O3S/c1-2-22(12-7-8-26(24,25)11-12)17(23)15-9-20-16(10-19-15)21-14-6-4-3-5-13(14)18/h3-6,9-10,12H,2,7-8,11H2,1H3,(H,20,21). The first-order chi connectivity index (χ1) is 12.4. The summed E-state index contributed by atoms with van der Waals surface area (Å²) in [6.07, 6.45) is 3.30. The van der Waals surface area contributed by atoms with Gasteiger partial charge in [-0.2, -0.15) is 0 Å². The Labute approximate surface area is 157 Å². The summed E-state index contributed by atoms with van der Waals surface area (Å²) >= 11 is 6.09. The summed E-state index contributed by atoms with van der Waals surface area (Å²) in [6.45, 7) is 2.24. The molecule has 0 radical (unpaired) electrons. The van der Waals surface area contributed by atoms with Crippen molar-refractivity contribution < 1.29 is 13.2 Å². The van der Waals surface area contributed by atoms with Crippen LogP contribution in [0.15, 0.2) is 36.7 Å². The highest BCUT2D eigenvalue weighted by Crippen LogP contribution is 2.24. The second-order valence-electron chi connectivity index (χ2n) is 6.04. The van der Waals surface area contributed by atoms with E-state index in [1.165, 1.54) is 12.4 Å². The van der Waals surface area contributed by atoms with E-state index < -0.39 is 9.84 Å². The molecular weight excluding hydrogens is 376 g/mol. The van der Waals surface area contributed by atoms with E-state index in [9.17, 15) is 13.2 Å². The maximum absolute atomic E-state index is 12.7. The lowest BCUT2D eigenvalue weighted by Crippen LogP contribution is -2.41. The Morgan fingerprint density at radius 3 is 2.65 bits per heavy atom. The van der Waals surface area contributed by atoms with E-state index in [0.29, 0.717) is 29.5 Å². The highest BCUT2D eigenvalue weighted by molar-refractivity contribution is 7.91. The molecule has 1 aromatic carbocycles. The lowest BCUT2D eigenvalue weighted by Gasteiger charge is -2.26. The predicted octanol–water partition coefficient (Wildman–Crippen LogP) is 2.52. The van der Waals surface area contributed by atoms with Crippen molar-refractivity contribution in [3.8, 4) is 0 Å². The zero-order valence-electron chi connectivity index (χ0n) is 14.2. The summed E-state index contributed by atoms with van der Waals surface area (Å²) in [5.74, 6) is 0.271. The van der Waals surface area contributed by atoms with E-state index in [1.54, 1.807) is 11.0 Å². The largest absolute Gasteiger partial charge is 0.338 e. The minimum absolute atomic E-state index is 0.00611. The molecule has 1 saturated heterocycles. The Hall–Kier alpha value is -2.19. The van der Waals surface area contributed by atoms with Crippen molar-refractivity contribution in [3.05, 3.63) is 47.4 Å². The average molecular weight is 395 g/mol. The zero-order chi connectivity index (χ0) is 18.7. The number of para-hydroxylation sites is 1. The van der Waals surface area contributed by atoms with Crippen LogP contribution >= 0.6 is 11.6 Å². The fraction of sp³-hybridized carbons (Fsp3) is 0.353. The molecule has 1 aliphatic rings. The quantitative estimate of drug-likeness (QED) is 0.837. The van der Waals surface area contributed by atoms with E-state index in [4.69, 9.17) is 11.6 Å². The van der Waals surface area contributed by atoms with E-state index in [1.807, 2.05) is 25.1 Å². The molecule has 9 heteroatoms. The Balaban J connectivity index is 1.73. The van der Waals surface area contributed by atoms with Gasteiger partial charge in [0.05, 0.1) is 34.6 Å². The van der Waals surface area contributed by atoms with Gasteiger partial charge in [0, 0.05) is 12.6 Å². The molecule has 0 saturated carbocycles. The van der Waals surface area contributed by atoms with Crippen molar-refractivity contribution in [2.75, 3.05) is 23.4 Å². The number of carbonyl (C=O) groups excluding carboxylic acids is 1. The summed E-state index contributed by atoms with van der Waals surface area (Å²) in [5, 5.41) is 3.59. The highest BCUT2D eigenvalue weighted by Gasteiger charge is 2.34. The van der Waals surface area contributed by atoms with Gasteiger partial charge in [0.1, 0.15) is 11.5 Å². The van der Waals surface area contributed by atoms with Gasteiger partial charge in [-0.25, -0.2) is 18.4 Å². The second kappa shape index (κ2) is 7.59. The van der Waals surface area contributed by atoms with Crippen molar-refractivity contribution in [1.29, 1.82) is 0 Å². The lowest BCUT2D eigenvalue weighted by atomic mass is 10.2. The van der Waals surface area contributed by atoms with Crippen LogP contribution in [-0.4, -0.2) is 53.3 Å². The summed E-state index contributed by atoms with van der Waals surface area (Å²) in [7, 11) is -3.06. The van der Waals surface area contributed by atoms with Crippen molar-refractivity contribution >= 4 is 38.9 Å². The molecule has 0 bridgehead atoms. The van der Waals surface area contributed by atoms with E-state index in [2.05, 4.69) is 15.3 Å². The number of hydrogen-bond donors (Lipinski definition) is 1. The lowest BCUT2D eigenvalue weighted by molar-refractivity contribution is 0.0702. The monoisotopic (exact) mass is 394 g/mol. The van der Waals surface area contributed by atoms with Crippen LogP contribution in [0.5, 0.6) is 0 Å². The summed E-state index contributed by atoms with van der Waals surface area (Å²) in [4.78, 5) is 22.6. The third kappa shape index (κ3) is 4.13. The first kappa shape index (κ1) is 18.6. The van der Waals surface area contributed by atoms with Gasteiger partial charge in [-0.15, -0.1) is 0 Å². The summed E-state index contributed by atoms with van der Waals surface area (Å²) in [5.41, 5.74) is 0.870. The van der Waals surface area contributed by atoms with Crippen LogP contribution in [0.3, 0.4) is 0 Å². The molecule has 2 heterocycles. The normalized spacial score (nSPS) is 18.5. The van der Waals surface area contributed by atoms with Gasteiger partial charge >= 0.3 is 0 Å². The van der Waals surface area contributed by atoms with E-state index in [0.717, 1.165) is 0 Å². The maximum Gasteiger partial charge on any atom is 0.274 e. The fourth-order valence-electron chi connectivity index (χ4n) is 2.94. The Morgan fingerprint density at radius 2 is 2.08 bits per heavy atom. The molecule has 1 amide bonds. The minimum Gasteiger partial charge on any atom is -0.338 e. The summed E-state index contributed by atoms with van der Waals surface area (Å²) < 4.78 is 23.4. The predicted molar refractivity (Wildman–Crippen MR) is 101 cm³/mol. The van der Waals surface area contributed by atoms with Gasteiger partial charge in [0.15, 0.2) is 9.84 Å². The van der Waals surface area contributed by atoms with Crippen LogP contribution in [0.25, 0.3) is 0 Å². The molecular formula is C17H19ClN4O3S. The SMILES string of the molecule is CCN(C(=O)c1cnc(Nc2ccccc2Cl)cn1)C1CCS(=O)(=O)C1. The molecule has 26 heavy (non-hydrogen) atoms. The molecule has 3 rings (SSSR count). The van der Waals surface area contributed by atoms with Crippen LogP contribution < -0.4 is 5.32 Å². The van der Waals surface area contributed by atoms with Gasteiger partial charge in [-0.1, -0.05) is 23.7 Å². The number of benzene rings is 1. The molecule has 1 fully saturated rings. The van der Waals surface area contributed by atoms with E-state index >= 15 is 0 Å². The van der Waals surface area contributed by atoms with Crippen LogP contribution in [0.4, 0.5) is 11.5 Å². The first-order valence-electron chi connectivity index (χ1n) is 8.24. The molecule has 1 atom stereocenters. The van der Waals surface area contributed by atoms with Gasteiger partial charge < -0.3 is 10.2 Å². The molecule has 0 aliphatic carbocycles. The van der Waals surface area contributed by atoms with Gasteiger partial charge in [0.25, 0.3) is 5.91 Å². The molecule has 1 unspecified atom stereocenters. The van der Waals surface area contributed by atoms with Gasteiger partial charge in [-0.3, -0.25) is 4.79 Å². The molecule has 138 valence electrons. The van der Waals surface area contributed by atoms with Crippen molar-refractivity contribution in [2.45, 2.75) is 19.4 Å². The number of rotatable bonds is 5. The number of sulfone groups is 1.